The summed E-state index contributed by atoms with van der Waals surface area (Å²) in [5.41, 5.74) is 2.56. The molecule has 2 aromatic carbocycles. The first-order valence-electron chi connectivity index (χ1n) is 8.72. The van der Waals surface area contributed by atoms with Crippen LogP contribution in [0.4, 0.5) is 5.69 Å². The molecule has 0 spiro atoms. The van der Waals surface area contributed by atoms with Crippen molar-refractivity contribution in [3.05, 3.63) is 70.5 Å². The Bertz CT molecular complexity index is 1070. The van der Waals surface area contributed by atoms with E-state index < -0.39 is 6.17 Å². The summed E-state index contributed by atoms with van der Waals surface area (Å²) in [7, 11) is 0. The van der Waals surface area contributed by atoms with Gasteiger partial charge in [0.25, 0.3) is 6.17 Å². The number of nitrogens with one attached hydrogen (secondary N) is 1. The van der Waals surface area contributed by atoms with Crippen molar-refractivity contribution in [3.63, 3.8) is 0 Å². The molecule has 7 heteroatoms. The topological polar surface area (TPSA) is 69.9 Å². The number of carbonyl (C=O) groups excluding carboxylic acids is 1. The summed E-state index contributed by atoms with van der Waals surface area (Å²) in [6, 6.07) is 17.2. The average molecular weight is 379 g/mol. The number of aromatic amines is 1. The number of hydrogen-bond donors (Lipinski definition) is 1. The molecule has 1 amide bonds. The molecule has 1 atom stereocenters. The maximum Gasteiger partial charge on any atom is 0.325 e. The third-order valence-electron chi connectivity index (χ3n) is 4.62. The van der Waals surface area contributed by atoms with Crippen molar-refractivity contribution < 1.29 is 9.48 Å². The molecule has 2 heterocycles. The smallest absolute Gasteiger partial charge is 0.291 e. The van der Waals surface area contributed by atoms with Crippen LogP contribution in [0.5, 0.6) is 0 Å². The Balaban J connectivity index is 2.09. The molecule has 0 bridgehead atoms. The Morgan fingerprint density at radius 3 is 2.59 bits per heavy atom. The molecule has 6 nitrogen and oxygen atoms in total. The minimum Gasteiger partial charge on any atom is -0.291 e. The van der Waals surface area contributed by atoms with Gasteiger partial charge in [0.05, 0.1) is 11.3 Å². The molecule has 136 valence electrons. The summed E-state index contributed by atoms with van der Waals surface area (Å²) in [6.45, 7) is 1.84. The summed E-state index contributed by atoms with van der Waals surface area (Å²) >= 11 is 1.36. The van der Waals surface area contributed by atoms with Gasteiger partial charge in [-0.25, -0.2) is 4.90 Å². The standard InChI is InChI=1S/C20H18N4O2S/c1-3-16(25)23-15-12-8-7-11-14(15)17-18(26)21-20(27-2)22-24(17)19(23)13-9-5-4-6-10-13/h4-12,19H,3H2,1-2H3/p+1. The number of rotatable bonds is 3. The van der Waals surface area contributed by atoms with E-state index in [1.54, 1.807) is 9.58 Å². The third kappa shape index (κ3) is 2.84. The number of benzene rings is 2. The first-order valence-corrected chi connectivity index (χ1v) is 9.94. The molecule has 1 aromatic heterocycles. The molecular weight excluding hydrogens is 360 g/mol. The highest BCUT2D eigenvalue weighted by atomic mass is 32.2. The van der Waals surface area contributed by atoms with Crippen LogP contribution in [-0.2, 0) is 4.79 Å². The van der Waals surface area contributed by atoms with Crippen molar-refractivity contribution >= 4 is 23.4 Å². The van der Waals surface area contributed by atoms with Gasteiger partial charge in [0.1, 0.15) is 0 Å². The molecular formula is C20H19N4O2S+. The minimum atomic E-state index is -0.517. The summed E-state index contributed by atoms with van der Waals surface area (Å²) in [6.07, 6.45) is 1.69. The number of fused-ring (bicyclic) bond motifs is 3. The number of H-pyrrole nitrogens is 1. The lowest BCUT2D eigenvalue weighted by Crippen LogP contribution is -2.60. The first-order chi connectivity index (χ1) is 13.2. The van der Waals surface area contributed by atoms with Crippen LogP contribution in [0.25, 0.3) is 11.3 Å². The molecule has 3 aromatic rings. The van der Waals surface area contributed by atoms with Crippen LogP contribution in [0.1, 0.15) is 25.1 Å². The van der Waals surface area contributed by atoms with Gasteiger partial charge in [0.15, 0.2) is 0 Å². The van der Waals surface area contributed by atoms with Gasteiger partial charge >= 0.3 is 11.3 Å². The van der Waals surface area contributed by atoms with Gasteiger partial charge in [-0.05, 0) is 23.1 Å². The number of anilines is 1. The third-order valence-corrected chi connectivity index (χ3v) is 5.19. The van der Waals surface area contributed by atoms with Gasteiger partial charge in [-0.2, -0.15) is 0 Å². The molecule has 4 rings (SSSR count). The van der Waals surface area contributed by atoms with E-state index in [4.69, 9.17) is 0 Å². The SMILES string of the molecule is CCC(=O)N1c2ccccc2-c2c(=O)[nH]c(SC)n[n+]2C1c1ccccc1. The zero-order valence-electron chi connectivity index (χ0n) is 15.0. The summed E-state index contributed by atoms with van der Waals surface area (Å²) in [5.74, 6) is -0.0257. The van der Waals surface area contributed by atoms with E-state index >= 15 is 0 Å². The average Bonchev–Trinajstić information content (AvgIpc) is 2.72. The highest BCUT2D eigenvalue weighted by Crippen LogP contribution is 2.37. The Morgan fingerprint density at radius 1 is 1.19 bits per heavy atom. The lowest BCUT2D eigenvalue weighted by Gasteiger charge is -2.31. The van der Waals surface area contributed by atoms with Crippen molar-refractivity contribution in [3.8, 4) is 11.3 Å². The van der Waals surface area contributed by atoms with E-state index in [2.05, 4.69) is 10.1 Å². The van der Waals surface area contributed by atoms with Crippen molar-refractivity contribution in [1.82, 2.24) is 10.1 Å². The van der Waals surface area contributed by atoms with Crippen LogP contribution in [0.2, 0.25) is 0 Å². The fraction of sp³-hybridized carbons (Fsp3) is 0.200. The molecule has 0 saturated heterocycles. The molecule has 1 N–H and O–H groups in total. The fourth-order valence-corrected chi connectivity index (χ4v) is 3.79. The zero-order chi connectivity index (χ0) is 19.0. The fourth-order valence-electron chi connectivity index (χ4n) is 3.43. The molecule has 1 aliphatic rings. The van der Waals surface area contributed by atoms with Gasteiger partial charge in [0.2, 0.25) is 11.1 Å². The number of nitrogens with zero attached hydrogens (tertiary/aromatic N) is 3. The Morgan fingerprint density at radius 2 is 1.89 bits per heavy atom. The summed E-state index contributed by atoms with van der Waals surface area (Å²) in [5, 5.41) is 5.15. The monoisotopic (exact) mass is 379 g/mol. The maximum absolute atomic E-state index is 13.0. The Kier molecular flexibility index (Phi) is 4.53. The van der Waals surface area contributed by atoms with Crippen LogP contribution in [-0.4, -0.2) is 22.2 Å². The van der Waals surface area contributed by atoms with Gasteiger partial charge in [-0.3, -0.25) is 14.6 Å². The Labute approximate surface area is 160 Å². The zero-order valence-corrected chi connectivity index (χ0v) is 15.9. The number of aromatic nitrogens is 3. The largest absolute Gasteiger partial charge is 0.325 e. The van der Waals surface area contributed by atoms with E-state index in [9.17, 15) is 9.59 Å². The summed E-state index contributed by atoms with van der Waals surface area (Å²) in [4.78, 5) is 30.4. The lowest BCUT2D eigenvalue weighted by molar-refractivity contribution is -0.763. The normalized spacial score (nSPS) is 15.2. The molecule has 1 aliphatic heterocycles. The van der Waals surface area contributed by atoms with Crippen molar-refractivity contribution in [2.24, 2.45) is 0 Å². The van der Waals surface area contributed by atoms with E-state index in [1.165, 1.54) is 11.8 Å². The first kappa shape index (κ1) is 17.5. The summed E-state index contributed by atoms with van der Waals surface area (Å²) < 4.78 is 1.68. The van der Waals surface area contributed by atoms with Crippen LogP contribution < -0.4 is 15.1 Å². The van der Waals surface area contributed by atoms with Gasteiger partial charge in [-0.1, -0.05) is 61.2 Å². The second-order valence-corrected chi connectivity index (χ2v) is 6.97. The van der Waals surface area contributed by atoms with Crippen LogP contribution >= 0.6 is 11.8 Å². The van der Waals surface area contributed by atoms with E-state index in [1.807, 2.05) is 67.8 Å². The van der Waals surface area contributed by atoms with Crippen molar-refractivity contribution in [2.75, 3.05) is 11.2 Å². The number of hydrogen-bond acceptors (Lipinski definition) is 4. The highest BCUT2D eigenvalue weighted by Gasteiger charge is 2.45. The molecule has 27 heavy (non-hydrogen) atoms. The van der Waals surface area contributed by atoms with Gasteiger partial charge < -0.3 is 0 Å². The van der Waals surface area contributed by atoms with Crippen molar-refractivity contribution in [2.45, 2.75) is 24.7 Å². The molecule has 0 saturated carbocycles. The maximum atomic E-state index is 13.0. The van der Waals surface area contributed by atoms with E-state index in [0.29, 0.717) is 22.8 Å². The van der Waals surface area contributed by atoms with Crippen LogP contribution in [0.3, 0.4) is 0 Å². The second kappa shape index (κ2) is 7.00. The van der Waals surface area contributed by atoms with E-state index in [0.717, 1.165) is 11.3 Å². The predicted molar refractivity (Wildman–Crippen MR) is 105 cm³/mol. The molecule has 1 unspecified atom stereocenters. The molecule has 0 fully saturated rings. The van der Waals surface area contributed by atoms with E-state index in [-0.39, 0.29) is 11.5 Å². The number of thioether (sulfide) groups is 1. The molecule has 0 radical (unpaired) electrons. The van der Waals surface area contributed by atoms with Crippen LogP contribution in [0, 0.1) is 0 Å². The number of para-hydroxylation sites is 1. The van der Waals surface area contributed by atoms with Crippen LogP contribution in [0.15, 0.2) is 64.5 Å². The lowest BCUT2D eigenvalue weighted by atomic mass is 10.0. The number of carbonyl (C=O) groups is 1. The van der Waals surface area contributed by atoms with Gasteiger partial charge in [-0.15, -0.1) is 0 Å². The quantitative estimate of drug-likeness (QED) is 0.561. The van der Waals surface area contributed by atoms with Gasteiger partial charge in [0, 0.05) is 17.1 Å². The van der Waals surface area contributed by atoms with Crippen molar-refractivity contribution in [1.29, 1.82) is 0 Å². The minimum absolute atomic E-state index is 0.0257. The molecule has 0 aliphatic carbocycles. The highest BCUT2D eigenvalue weighted by molar-refractivity contribution is 7.98. The predicted octanol–water partition coefficient (Wildman–Crippen LogP) is 2.75. The second-order valence-electron chi connectivity index (χ2n) is 6.18. The number of amides is 1. The Hall–Kier alpha value is -2.93.